The summed E-state index contributed by atoms with van der Waals surface area (Å²) in [6.45, 7) is 0. The van der Waals surface area contributed by atoms with Crippen molar-refractivity contribution in [1.82, 2.24) is 0 Å². The van der Waals surface area contributed by atoms with Crippen molar-refractivity contribution < 1.29 is 31.9 Å². The summed E-state index contributed by atoms with van der Waals surface area (Å²) in [4.78, 5) is 37.3. The van der Waals surface area contributed by atoms with Crippen LogP contribution in [-0.2, 0) is 22.4 Å². The Morgan fingerprint density at radius 3 is 2.38 bits per heavy atom. The van der Waals surface area contributed by atoms with Crippen molar-refractivity contribution in [3.8, 4) is 0 Å². The van der Waals surface area contributed by atoms with E-state index in [1.807, 2.05) is 24.3 Å². The molecule has 3 aromatic rings. The maximum absolute atomic E-state index is 14.9. The molecule has 39 heavy (non-hydrogen) atoms. The number of halogens is 8. The number of benzene rings is 3. The first-order valence-electron chi connectivity index (χ1n) is 11.3. The van der Waals surface area contributed by atoms with Gasteiger partial charge in [0.25, 0.3) is 6.43 Å². The Labute approximate surface area is 249 Å². The summed E-state index contributed by atoms with van der Waals surface area (Å²) in [5.41, 5.74) is -0.230. The van der Waals surface area contributed by atoms with Crippen molar-refractivity contribution in [2.24, 2.45) is 5.92 Å². The van der Waals surface area contributed by atoms with E-state index in [4.69, 9.17) is 34.8 Å². The fraction of sp³-hybridized carbons (Fsp3) is 0.222. The Morgan fingerprint density at radius 1 is 1.00 bits per heavy atom. The van der Waals surface area contributed by atoms with Crippen molar-refractivity contribution in [2.75, 3.05) is 5.32 Å². The van der Waals surface area contributed by atoms with Gasteiger partial charge in [0.1, 0.15) is 16.0 Å². The molecule has 3 aromatic carbocycles. The Kier molecular flexibility index (Phi) is 8.95. The standard InChI is InChI=1S/C27H17Cl3F4INO3/c28-18-6-5-15(36-26(39)23-22(27(23,29)30)12-2-1-3-14(35)8-12)10-16(18)20(37)9-13-4-7-19(31)17(24(13)32)11-21(38)25(33)34/h1-8,10,22-23,25H,9,11H2,(H,36,39). The van der Waals surface area contributed by atoms with Gasteiger partial charge in [-0.05, 0) is 70.1 Å². The quantitative estimate of drug-likeness (QED) is 0.108. The van der Waals surface area contributed by atoms with Crippen molar-refractivity contribution >= 4 is 80.6 Å². The summed E-state index contributed by atoms with van der Waals surface area (Å²) in [5, 5.41) is 2.67. The lowest BCUT2D eigenvalue weighted by molar-refractivity contribution is -0.128. The molecule has 12 heteroatoms. The molecule has 1 amide bonds. The molecule has 4 nitrogen and oxygen atoms in total. The van der Waals surface area contributed by atoms with Crippen LogP contribution < -0.4 is 5.32 Å². The van der Waals surface area contributed by atoms with Crippen LogP contribution in [0, 0.1) is 21.1 Å². The molecule has 1 aliphatic carbocycles. The number of Topliss-reactive ketones (excluding diaryl/α,β-unsaturated/α-hetero) is 2. The number of hydrogen-bond acceptors (Lipinski definition) is 3. The third kappa shape index (κ3) is 6.42. The van der Waals surface area contributed by atoms with E-state index in [0.717, 1.165) is 21.3 Å². The van der Waals surface area contributed by atoms with Crippen LogP contribution in [0.2, 0.25) is 5.02 Å². The highest BCUT2D eigenvalue weighted by Crippen LogP contribution is 2.65. The van der Waals surface area contributed by atoms with Gasteiger partial charge in [0.2, 0.25) is 11.7 Å². The lowest BCUT2D eigenvalue weighted by atomic mass is 9.98. The normalized spacial score (nSPS) is 17.7. The number of alkyl halides is 4. The van der Waals surface area contributed by atoms with E-state index in [1.165, 1.54) is 18.2 Å². The number of anilines is 1. The average Bonchev–Trinajstić information content (AvgIpc) is 3.46. The van der Waals surface area contributed by atoms with Gasteiger partial charge in [0, 0.05) is 39.1 Å². The summed E-state index contributed by atoms with van der Waals surface area (Å²) in [6, 6.07) is 13.3. The second-order valence-corrected chi connectivity index (χ2v) is 12.0. The summed E-state index contributed by atoms with van der Waals surface area (Å²) in [5.74, 6) is -6.50. The van der Waals surface area contributed by atoms with Gasteiger partial charge in [-0.3, -0.25) is 14.4 Å². The number of amides is 1. The molecule has 0 aliphatic heterocycles. The number of ketones is 2. The number of rotatable bonds is 9. The van der Waals surface area contributed by atoms with Crippen LogP contribution in [0.4, 0.5) is 23.2 Å². The van der Waals surface area contributed by atoms with Crippen LogP contribution in [0.1, 0.15) is 33.0 Å². The molecule has 2 atom stereocenters. The summed E-state index contributed by atoms with van der Waals surface area (Å²) >= 11 is 21.1. The maximum atomic E-state index is 14.9. The van der Waals surface area contributed by atoms with Gasteiger partial charge < -0.3 is 5.32 Å². The Morgan fingerprint density at radius 2 is 1.72 bits per heavy atom. The van der Waals surface area contributed by atoms with Crippen LogP contribution in [0.15, 0.2) is 54.6 Å². The fourth-order valence-corrected chi connectivity index (χ4v) is 5.89. The number of carbonyl (C=O) groups excluding carboxylic acids is 3. The maximum Gasteiger partial charge on any atom is 0.296 e. The minimum absolute atomic E-state index is 0.000753. The molecular weight excluding hydrogens is 696 g/mol. The van der Waals surface area contributed by atoms with E-state index in [9.17, 15) is 31.9 Å². The van der Waals surface area contributed by atoms with Gasteiger partial charge in [-0.1, -0.05) is 29.8 Å². The SMILES string of the molecule is O=C(Cc1ccc(F)c(CC(=O)C(F)F)c1F)c1cc(NC(=O)C2C(c3cccc(I)c3)C2(Cl)Cl)ccc1Cl. The van der Waals surface area contributed by atoms with Crippen LogP contribution in [-0.4, -0.2) is 28.2 Å². The lowest BCUT2D eigenvalue weighted by Gasteiger charge is -2.11. The molecule has 0 heterocycles. The first-order chi connectivity index (χ1) is 18.3. The van der Waals surface area contributed by atoms with Crippen molar-refractivity contribution in [3.63, 3.8) is 0 Å². The first-order valence-corrected chi connectivity index (χ1v) is 13.6. The van der Waals surface area contributed by atoms with E-state index >= 15 is 0 Å². The van der Waals surface area contributed by atoms with Crippen molar-refractivity contribution in [2.45, 2.75) is 29.5 Å². The highest BCUT2D eigenvalue weighted by molar-refractivity contribution is 14.1. The molecule has 1 fully saturated rings. The third-order valence-electron chi connectivity index (χ3n) is 6.29. The molecule has 0 saturated heterocycles. The van der Waals surface area contributed by atoms with E-state index in [-0.39, 0.29) is 21.8 Å². The highest BCUT2D eigenvalue weighted by atomic mass is 127. The highest BCUT2D eigenvalue weighted by Gasteiger charge is 2.67. The predicted octanol–water partition coefficient (Wildman–Crippen LogP) is 7.55. The zero-order valence-electron chi connectivity index (χ0n) is 19.6. The largest absolute Gasteiger partial charge is 0.326 e. The van der Waals surface area contributed by atoms with Crippen LogP contribution in [0.5, 0.6) is 0 Å². The first kappa shape index (κ1) is 29.8. The lowest BCUT2D eigenvalue weighted by Crippen LogP contribution is -2.18. The minimum Gasteiger partial charge on any atom is -0.326 e. The summed E-state index contributed by atoms with van der Waals surface area (Å²) in [6.07, 6.45) is -5.16. The Bertz CT molecular complexity index is 1480. The topological polar surface area (TPSA) is 63.2 Å². The second-order valence-electron chi connectivity index (χ2n) is 8.91. The predicted molar refractivity (Wildman–Crippen MR) is 149 cm³/mol. The number of carbonyl (C=O) groups is 3. The minimum atomic E-state index is -3.39. The fourth-order valence-electron chi connectivity index (χ4n) is 4.27. The molecular formula is C27H17Cl3F4INO3. The second kappa shape index (κ2) is 11.7. The number of nitrogens with one attached hydrogen (secondary N) is 1. The molecule has 1 aliphatic rings. The van der Waals surface area contributed by atoms with Gasteiger partial charge in [-0.2, -0.15) is 0 Å². The van der Waals surface area contributed by atoms with Gasteiger partial charge >= 0.3 is 0 Å². The molecule has 1 saturated carbocycles. The van der Waals surface area contributed by atoms with Crippen LogP contribution >= 0.6 is 57.4 Å². The molecule has 0 aromatic heterocycles. The molecule has 204 valence electrons. The average molecular weight is 713 g/mol. The van der Waals surface area contributed by atoms with Crippen molar-refractivity contribution in [1.29, 1.82) is 0 Å². The Balaban J connectivity index is 1.51. The molecule has 0 bridgehead atoms. The van der Waals surface area contributed by atoms with E-state index in [0.29, 0.717) is 0 Å². The van der Waals surface area contributed by atoms with Crippen LogP contribution in [0.3, 0.4) is 0 Å². The monoisotopic (exact) mass is 711 g/mol. The van der Waals surface area contributed by atoms with E-state index < -0.39 is 70.1 Å². The van der Waals surface area contributed by atoms with Gasteiger partial charge in [0.05, 0.1) is 10.9 Å². The van der Waals surface area contributed by atoms with Gasteiger partial charge in [0.15, 0.2) is 5.78 Å². The smallest absolute Gasteiger partial charge is 0.296 e. The van der Waals surface area contributed by atoms with Gasteiger partial charge in [-0.15, -0.1) is 23.2 Å². The molecule has 1 N–H and O–H groups in total. The van der Waals surface area contributed by atoms with Gasteiger partial charge in [-0.25, -0.2) is 17.6 Å². The molecule has 0 radical (unpaired) electrons. The molecule has 2 unspecified atom stereocenters. The third-order valence-corrected chi connectivity index (χ3v) is 8.23. The van der Waals surface area contributed by atoms with Crippen molar-refractivity contribution in [3.05, 3.63) is 97.1 Å². The van der Waals surface area contributed by atoms with E-state index in [1.54, 1.807) is 0 Å². The summed E-state index contributed by atoms with van der Waals surface area (Å²) in [7, 11) is 0. The number of hydrogen-bond donors (Lipinski definition) is 1. The van der Waals surface area contributed by atoms with Crippen LogP contribution in [0.25, 0.3) is 0 Å². The summed E-state index contributed by atoms with van der Waals surface area (Å²) < 4.78 is 53.7. The molecule has 0 spiro atoms. The Hall–Kier alpha value is -2.21. The van der Waals surface area contributed by atoms with E-state index in [2.05, 4.69) is 27.9 Å². The molecule has 4 rings (SSSR count). The zero-order chi connectivity index (χ0) is 28.6. The zero-order valence-corrected chi connectivity index (χ0v) is 24.0.